The summed E-state index contributed by atoms with van der Waals surface area (Å²) in [6, 6.07) is 12.4. The molecule has 23 heavy (non-hydrogen) atoms. The molecule has 1 N–H and O–H groups in total. The lowest BCUT2D eigenvalue weighted by Gasteiger charge is -2.24. The molecular weight excluding hydrogens is 293 g/mol. The zero-order chi connectivity index (χ0) is 15.6. The summed E-state index contributed by atoms with van der Waals surface area (Å²) in [6.45, 7) is 2.08. The van der Waals surface area contributed by atoms with Crippen LogP contribution in [0, 0.1) is 5.82 Å². The van der Waals surface area contributed by atoms with Crippen molar-refractivity contribution >= 4 is 11.0 Å². The molecule has 4 rings (SSSR count). The number of hydrogen-bond acceptors (Lipinski definition) is 3. The first-order valence-electron chi connectivity index (χ1n) is 7.90. The van der Waals surface area contributed by atoms with E-state index in [1.54, 1.807) is 12.1 Å². The van der Waals surface area contributed by atoms with Crippen molar-refractivity contribution in [1.82, 2.24) is 14.9 Å². The minimum atomic E-state index is -0.267. The van der Waals surface area contributed by atoms with E-state index in [1.807, 2.05) is 24.5 Å². The molecule has 0 spiro atoms. The van der Waals surface area contributed by atoms with E-state index in [-0.39, 0.29) is 5.82 Å². The molecule has 0 amide bonds. The van der Waals surface area contributed by atoms with Gasteiger partial charge in [-0.05, 0) is 62.3 Å². The summed E-state index contributed by atoms with van der Waals surface area (Å²) in [7, 11) is 0. The van der Waals surface area contributed by atoms with E-state index in [2.05, 4.69) is 14.9 Å². The van der Waals surface area contributed by atoms with Crippen LogP contribution in [-0.4, -0.2) is 22.6 Å². The fraction of sp³-hybridized carbons (Fsp3) is 0.278. The van der Waals surface area contributed by atoms with Gasteiger partial charge in [-0.15, -0.1) is 0 Å². The Hall–Kier alpha value is -2.40. The van der Waals surface area contributed by atoms with E-state index >= 15 is 0 Å². The molecule has 0 unspecified atom stereocenters. The van der Waals surface area contributed by atoms with E-state index in [0.29, 0.717) is 11.8 Å². The van der Waals surface area contributed by atoms with Crippen molar-refractivity contribution < 1.29 is 9.13 Å². The molecule has 1 aromatic heterocycles. The van der Waals surface area contributed by atoms with E-state index in [0.717, 1.165) is 42.7 Å². The first-order chi connectivity index (χ1) is 11.3. The van der Waals surface area contributed by atoms with Gasteiger partial charge in [0.25, 0.3) is 0 Å². The highest BCUT2D eigenvalue weighted by Crippen LogP contribution is 2.29. The molecule has 1 saturated heterocycles. The summed E-state index contributed by atoms with van der Waals surface area (Å²) in [4.78, 5) is 4.49. The summed E-state index contributed by atoms with van der Waals surface area (Å²) in [6.07, 6.45) is 4.13. The number of nitrogens with zero attached hydrogens (tertiary/aromatic N) is 2. The first kappa shape index (κ1) is 14.2. The Morgan fingerprint density at radius 3 is 2.57 bits per heavy atom. The van der Waals surface area contributed by atoms with Gasteiger partial charge in [0.15, 0.2) is 0 Å². The molecule has 0 aliphatic carbocycles. The van der Waals surface area contributed by atoms with Crippen molar-refractivity contribution in [2.24, 2.45) is 0 Å². The Balaban J connectivity index is 1.64. The van der Waals surface area contributed by atoms with Crippen LogP contribution >= 0.6 is 0 Å². The van der Waals surface area contributed by atoms with Gasteiger partial charge in [0.1, 0.15) is 17.3 Å². The average molecular weight is 311 g/mol. The lowest BCUT2D eigenvalue weighted by atomic mass is 10.1. The predicted octanol–water partition coefficient (Wildman–Crippen LogP) is 3.89. The molecule has 0 bridgehead atoms. The number of benzene rings is 2. The van der Waals surface area contributed by atoms with Gasteiger partial charge in [0, 0.05) is 12.1 Å². The average Bonchev–Trinajstić information content (AvgIpc) is 3.01. The molecule has 1 aliphatic rings. The van der Waals surface area contributed by atoms with Crippen LogP contribution in [-0.2, 0) is 0 Å². The van der Waals surface area contributed by atoms with Crippen molar-refractivity contribution in [3.05, 3.63) is 54.6 Å². The molecular formula is C18H18FN3O. The van der Waals surface area contributed by atoms with Gasteiger partial charge < -0.3 is 14.6 Å². The molecule has 0 radical (unpaired) electrons. The molecule has 3 aromatic rings. The van der Waals surface area contributed by atoms with Crippen molar-refractivity contribution in [3.63, 3.8) is 0 Å². The van der Waals surface area contributed by atoms with Gasteiger partial charge in [-0.1, -0.05) is 0 Å². The summed E-state index contributed by atoms with van der Waals surface area (Å²) < 4.78 is 21.1. The maximum Gasteiger partial charge on any atom is 0.129 e. The van der Waals surface area contributed by atoms with E-state index in [9.17, 15) is 4.39 Å². The van der Waals surface area contributed by atoms with Gasteiger partial charge >= 0.3 is 0 Å². The zero-order valence-corrected chi connectivity index (χ0v) is 12.7. The van der Waals surface area contributed by atoms with Crippen LogP contribution in [0.15, 0.2) is 48.8 Å². The third-order valence-corrected chi connectivity index (χ3v) is 4.30. The molecule has 118 valence electrons. The Morgan fingerprint density at radius 1 is 1.04 bits per heavy atom. The first-order valence-corrected chi connectivity index (χ1v) is 7.90. The maximum absolute atomic E-state index is 13.0. The number of rotatable bonds is 3. The van der Waals surface area contributed by atoms with Crippen molar-refractivity contribution in [1.29, 1.82) is 0 Å². The molecule has 4 nitrogen and oxygen atoms in total. The second-order valence-corrected chi connectivity index (χ2v) is 5.84. The fourth-order valence-corrected chi connectivity index (χ4v) is 3.08. The monoisotopic (exact) mass is 311 g/mol. The molecule has 2 heterocycles. The van der Waals surface area contributed by atoms with Crippen LogP contribution < -0.4 is 10.1 Å². The highest BCUT2D eigenvalue weighted by atomic mass is 19.1. The third-order valence-electron chi connectivity index (χ3n) is 4.30. The van der Waals surface area contributed by atoms with Gasteiger partial charge in [0.05, 0.1) is 17.4 Å². The minimum absolute atomic E-state index is 0.267. The van der Waals surface area contributed by atoms with Crippen LogP contribution in [0.2, 0.25) is 0 Å². The summed E-state index contributed by atoms with van der Waals surface area (Å²) >= 11 is 0. The fourth-order valence-electron chi connectivity index (χ4n) is 3.08. The summed E-state index contributed by atoms with van der Waals surface area (Å²) in [5, 5.41) is 3.38. The molecule has 1 fully saturated rings. The van der Waals surface area contributed by atoms with E-state index < -0.39 is 0 Å². The molecule has 5 heteroatoms. The molecule has 2 aromatic carbocycles. The lowest BCUT2D eigenvalue weighted by molar-refractivity contribution is 0.374. The van der Waals surface area contributed by atoms with Crippen molar-refractivity contribution in [2.75, 3.05) is 13.1 Å². The third kappa shape index (κ3) is 2.92. The summed E-state index contributed by atoms with van der Waals surface area (Å²) in [5.74, 6) is 1.09. The topological polar surface area (TPSA) is 39.1 Å². The smallest absolute Gasteiger partial charge is 0.129 e. The van der Waals surface area contributed by atoms with Gasteiger partial charge in [-0.2, -0.15) is 0 Å². The number of hydrogen-bond donors (Lipinski definition) is 1. The summed E-state index contributed by atoms with van der Waals surface area (Å²) in [5.41, 5.74) is 2.05. The predicted molar refractivity (Wildman–Crippen MR) is 87.3 cm³/mol. The maximum atomic E-state index is 13.0. The van der Waals surface area contributed by atoms with Crippen LogP contribution in [0.25, 0.3) is 11.0 Å². The molecule has 0 atom stereocenters. The van der Waals surface area contributed by atoms with Crippen molar-refractivity contribution in [2.45, 2.75) is 18.9 Å². The lowest BCUT2D eigenvalue weighted by Crippen LogP contribution is -2.29. The molecule has 1 aliphatic heterocycles. The Bertz CT molecular complexity index is 807. The largest absolute Gasteiger partial charge is 0.457 e. The number of halogens is 1. The number of nitrogens with one attached hydrogen (secondary N) is 1. The van der Waals surface area contributed by atoms with Crippen LogP contribution in [0.4, 0.5) is 4.39 Å². The van der Waals surface area contributed by atoms with Crippen LogP contribution in [0.5, 0.6) is 11.5 Å². The quantitative estimate of drug-likeness (QED) is 0.797. The second-order valence-electron chi connectivity index (χ2n) is 5.84. The Labute approximate surface area is 133 Å². The highest BCUT2D eigenvalue weighted by Gasteiger charge is 2.17. The number of ether oxygens (including phenoxy) is 1. The van der Waals surface area contributed by atoms with E-state index in [1.165, 1.54) is 12.1 Å². The Morgan fingerprint density at radius 2 is 1.78 bits per heavy atom. The normalized spacial score (nSPS) is 15.9. The number of aromatic nitrogens is 2. The highest BCUT2D eigenvalue weighted by molar-refractivity contribution is 5.77. The van der Waals surface area contributed by atoms with Gasteiger partial charge in [-0.25, -0.2) is 9.37 Å². The van der Waals surface area contributed by atoms with Crippen LogP contribution in [0.3, 0.4) is 0 Å². The van der Waals surface area contributed by atoms with Gasteiger partial charge in [0.2, 0.25) is 0 Å². The minimum Gasteiger partial charge on any atom is -0.457 e. The molecule has 0 saturated carbocycles. The van der Waals surface area contributed by atoms with Crippen molar-refractivity contribution in [3.8, 4) is 11.5 Å². The zero-order valence-electron chi connectivity index (χ0n) is 12.7. The number of piperidine rings is 1. The second kappa shape index (κ2) is 6.01. The number of fused-ring (bicyclic) bond motifs is 1. The number of imidazole rings is 1. The van der Waals surface area contributed by atoms with E-state index in [4.69, 9.17) is 4.74 Å². The van der Waals surface area contributed by atoms with Gasteiger partial charge in [-0.3, -0.25) is 0 Å². The van der Waals surface area contributed by atoms with Crippen LogP contribution in [0.1, 0.15) is 18.9 Å². The SMILES string of the molecule is Fc1ccc(Oc2ccc3ncn(C4CCNCC4)c3c2)cc1. The Kier molecular flexibility index (Phi) is 3.71. The standard InChI is InChI=1S/C18H18FN3O/c19-13-1-3-15(4-2-13)23-16-5-6-17-18(11-16)22(12-21-17)14-7-9-20-10-8-14/h1-6,11-12,14,20H,7-10H2.